The molecule has 1 aromatic heterocycles. The van der Waals surface area contributed by atoms with Gasteiger partial charge in [0.15, 0.2) is 0 Å². The van der Waals surface area contributed by atoms with Crippen LogP contribution in [0.3, 0.4) is 0 Å². The molecule has 98 valence electrons. The summed E-state index contributed by atoms with van der Waals surface area (Å²) in [6.45, 7) is 8.67. The predicted octanol–water partition coefficient (Wildman–Crippen LogP) is 1.23. The van der Waals surface area contributed by atoms with Crippen molar-refractivity contribution in [1.29, 1.82) is 0 Å². The third-order valence-electron chi connectivity index (χ3n) is 3.36. The number of carboxylic acid groups (broad SMARTS) is 1. The zero-order valence-electron chi connectivity index (χ0n) is 10.9. The first-order valence-corrected chi connectivity index (χ1v) is 6.30. The molecular weight excluding hydrogens is 230 g/mol. The van der Waals surface area contributed by atoms with Gasteiger partial charge < -0.3 is 14.9 Å². The van der Waals surface area contributed by atoms with Gasteiger partial charge in [0.1, 0.15) is 11.4 Å². The lowest BCUT2D eigenvalue weighted by Crippen LogP contribution is -2.47. The number of carboxylic acids is 1. The molecule has 1 fully saturated rings. The number of hydrogen-bond donors (Lipinski definition) is 1. The second-order valence-corrected chi connectivity index (χ2v) is 4.55. The van der Waals surface area contributed by atoms with Gasteiger partial charge in [0.05, 0.1) is 0 Å². The van der Waals surface area contributed by atoms with Crippen LogP contribution in [0.15, 0.2) is 12.1 Å². The molecule has 0 atom stereocenters. The fraction of sp³-hybridized carbons (Fsp3) is 0.538. The van der Waals surface area contributed by atoms with Crippen LogP contribution >= 0.6 is 0 Å². The number of aryl methyl sites for hydroxylation is 1. The van der Waals surface area contributed by atoms with Crippen LogP contribution < -0.4 is 4.90 Å². The van der Waals surface area contributed by atoms with Crippen LogP contribution in [0.4, 0.5) is 5.82 Å². The van der Waals surface area contributed by atoms with Crippen LogP contribution in [0.5, 0.6) is 0 Å². The third kappa shape index (κ3) is 2.61. The van der Waals surface area contributed by atoms with Crippen LogP contribution in [0, 0.1) is 6.92 Å². The van der Waals surface area contributed by atoms with Crippen LogP contribution in [0.2, 0.25) is 0 Å². The number of piperazine rings is 1. The lowest BCUT2D eigenvalue weighted by molar-refractivity contribution is 0.0697. The zero-order valence-corrected chi connectivity index (χ0v) is 10.9. The maximum Gasteiger partial charge on any atom is 0.339 e. The number of aromatic nitrogens is 1. The number of anilines is 1. The molecule has 1 aliphatic rings. The molecule has 0 spiro atoms. The molecule has 0 aliphatic carbocycles. The minimum absolute atomic E-state index is 0.297. The highest BCUT2D eigenvalue weighted by Gasteiger charge is 2.21. The molecule has 5 heteroatoms. The van der Waals surface area contributed by atoms with Gasteiger partial charge in [0, 0.05) is 31.9 Å². The largest absolute Gasteiger partial charge is 0.478 e. The van der Waals surface area contributed by atoms with Gasteiger partial charge in [-0.2, -0.15) is 0 Å². The van der Waals surface area contributed by atoms with E-state index in [1.54, 1.807) is 12.1 Å². The van der Waals surface area contributed by atoms with Crippen molar-refractivity contribution >= 4 is 11.8 Å². The van der Waals surface area contributed by atoms with Crippen molar-refractivity contribution in [3.63, 3.8) is 0 Å². The Morgan fingerprint density at radius 1 is 1.33 bits per heavy atom. The summed E-state index contributed by atoms with van der Waals surface area (Å²) in [7, 11) is 0. The Morgan fingerprint density at radius 3 is 2.56 bits per heavy atom. The van der Waals surface area contributed by atoms with Crippen molar-refractivity contribution in [2.45, 2.75) is 13.8 Å². The third-order valence-corrected chi connectivity index (χ3v) is 3.36. The minimum Gasteiger partial charge on any atom is -0.478 e. The Morgan fingerprint density at radius 2 is 2.00 bits per heavy atom. The van der Waals surface area contributed by atoms with Crippen LogP contribution in [-0.4, -0.2) is 53.7 Å². The quantitative estimate of drug-likeness (QED) is 0.873. The molecule has 2 rings (SSSR count). The van der Waals surface area contributed by atoms with E-state index in [1.165, 1.54) is 0 Å². The van der Waals surface area contributed by atoms with Crippen molar-refractivity contribution in [3.05, 3.63) is 23.4 Å². The van der Waals surface area contributed by atoms with E-state index in [9.17, 15) is 9.90 Å². The first-order chi connectivity index (χ1) is 8.61. The molecule has 2 heterocycles. The summed E-state index contributed by atoms with van der Waals surface area (Å²) in [5.41, 5.74) is 1.15. The summed E-state index contributed by atoms with van der Waals surface area (Å²) >= 11 is 0. The highest BCUT2D eigenvalue weighted by molar-refractivity contribution is 5.93. The molecule has 0 amide bonds. The van der Waals surface area contributed by atoms with E-state index in [0.717, 1.165) is 38.4 Å². The average molecular weight is 249 g/mol. The van der Waals surface area contributed by atoms with Crippen molar-refractivity contribution in [2.24, 2.45) is 0 Å². The molecule has 1 N–H and O–H groups in total. The second kappa shape index (κ2) is 5.35. The van der Waals surface area contributed by atoms with Gasteiger partial charge in [0.25, 0.3) is 0 Å². The van der Waals surface area contributed by atoms with E-state index in [1.807, 2.05) is 6.92 Å². The predicted molar refractivity (Wildman–Crippen MR) is 70.3 cm³/mol. The number of nitrogens with zero attached hydrogens (tertiary/aromatic N) is 3. The number of rotatable bonds is 3. The number of aromatic carboxylic acids is 1. The van der Waals surface area contributed by atoms with E-state index in [4.69, 9.17) is 0 Å². The van der Waals surface area contributed by atoms with Gasteiger partial charge in [-0.15, -0.1) is 0 Å². The summed E-state index contributed by atoms with van der Waals surface area (Å²) in [6, 6.07) is 3.39. The van der Waals surface area contributed by atoms with Gasteiger partial charge in [-0.1, -0.05) is 6.92 Å². The molecule has 0 unspecified atom stereocenters. The van der Waals surface area contributed by atoms with Gasteiger partial charge in [0.2, 0.25) is 0 Å². The summed E-state index contributed by atoms with van der Waals surface area (Å²) in [5, 5.41) is 9.21. The molecule has 0 radical (unpaired) electrons. The molecule has 1 aromatic rings. The van der Waals surface area contributed by atoms with Crippen LogP contribution in [0.1, 0.15) is 23.0 Å². The van der Waals surface area contributed by atoms with Gasteiger partial charge >= 0.3 is 5.97 Å². The lowest BCUT2D eigenvalue weighted by Gasteiger charge is -2.35. The topological polar surface area (TPSA) is 56.7 Å². The summed E-state index contributed by atoms with van der Waals surface area (Å²) in [6.07, 6.45) is 0. The Kier molecular flexibility index (Phi) is 3.81. The van der Waals surface area contributed by atoms with Crippen LogP contribution in [0.25, 0.3) is 0 Å². The van der Waals surface area contributed by atoms with Gasteiger partial charge in [-0.25, -0.2) is 9.78 Å². The molecule has 0 bridgehead atoms. The van der Waals surface area contributed by atoms with Crippen molar-refractivity contribution in [1.82, 2.24) is 9.88 Å². The van der Waals surface area contributed by atoms with Crippen molar-refractivity contribution < 1.29 is 9.90 Å². The summed E-state index contributed by atoms with van der Waals surface area (Å²) < 4.78 is 0. The normalized spacial score (nSPS) is 16.9. The Balaban J connectivity index is 2.22. The molecule has 0 aromatic carbocycles. The van der Waals surface area contributed by atoms with E-state index >= 15 is 0 Å². The standard InChI is InChI=1S/C13H19N3O2/c1-3-15-6-8-16(9-7-15)12-11(13(17)18)5-4-10(2)14-12/h4-5H,3,6-9H2,1-2H3,(H,17,18). The summed E-state index contributed by atoms with van der Waals surface area (Å²) in [4.78, 5) is 20.0. The van der Waals surface area contributed by atoms with Crippen molar-refractivity contribution in [3.8, 4) is 0 Å². The number of carbonyl (C=O) groups is 1. The minimum atomic E-state index is -0.907. The number of pyridine rings is 1. The Hall–Kier alpha value is -1.62. The molecule has 1 saturated heterocycles. The maximum absolute atomic E-state index is 11.2. The first kappa shape index (κ1) is 12.8. The monoisotopic (exact) mass is 249 g/mol. The number of hydrogen-bond acceptors (Lipinski definition) is 4. The highest BCUT2D eigenvalue weighted by Crippen LogP contribution is 2.20. The molecule has 18 heavy (non-hydrogen) atoms. The maximum atomic E-state index is 11.2. The first-order valence-electron chi connectivity index (χ1n) is 6.30. The van der Waals surface area contributed by atoms with Gasteiger partial charge in [-0.05, 0) is 25.6 Å². The molecular formula is C13H19N3O2. The van der Waals surface area contributed by atoms with Crippen LogP contribution in [-0.2, 0) is 0 Å². The van der Waals surface area contributed by atoms with Crippen molar-refractivity contribution in [2.75, 3.05) is 37.6 Å². The van der Waals surface area contributed by atoms with E-state index in [0.29, 0.717) is 11.4 Å². The SMILES string of the molecule is CCN1CCN(c2nc(C)ccc2C(=O)O)CC1. The Bertz CT molecular complexity index is 440. The lowest BCUT2D eigenvalue weighted by atomic mass is 10.2. The van der Waals surface area contributed by atoms with E-state index in [-0.39, 0.29) is 0 Å². The summed E-state index contributed by atoms with van der Waals surface area (Å²) in [5.74, 6) is -0.298. The molecule has 1 aliphatic heterocycles. The fourth-order valence-corrected chi connectivity index (χ4v) is 2.23. The zero-order chi connectivity index (χ0) is 13.1. The van der Waals surface area contributed by atoms with E-state index < -0.39 is 5.97 Å². The molecule has 5 nitrogen and oxygen atoms in total. The molecule has 0 saturated carbocycles. The number of likely N-dealkylation sites (N-methyl/N-ethyl adjacent to an activating group) is 1. The second-order valence-electron chi connectivity index (χ2n) is 4.55. The smallest absolute Gasteiger partial charge is 0.339 e. The van der Waals surface area contributed by atoms with Gasteiger partial charge in [-0.3, -0.25) is 0 Å². The highest BCUT2D eigenvalue weighted by atomic mass is 16.4. The van der Waals surface area contributed by atoms with E-state index in [2.05, 4.69) is 21.7 Å². The fourth-order valence-electron chi connectivity index (χ4n) is 2.23. The average Bonchev–Trinajstić information content (AvgIpc) is 2.38. The Labute approximate surface area is 107 Å².